The van der Waals surface area contributed by atoms with Crippen LogP contribution >= 0.6 is 0 Å². The van der Waals surface area contributed by atoms with Gasteiger partial charge in [0.25, 0.3) is 0 Å². The molecule has 0 aromatic heterocycles. The number of benzene rings is 3. The molecule has 1 heterocycles. The molecule has 0 radical (unpaired) electrons. The molecule has 1 aliphatic heterocycles. The van der Waals surface area contributed by atoms with Crippen molar-refractivity contribution >= 4 is 23.9 Å². The van der Waals surface area contributed by atoms with E-state index in [1.807, 2.05) is 54.6 Å². The highest BCUT2D eigenvalue weighted by molar-refractivity contribution is 5.94. The van der Waals surface area contributed by atoms with Crippen molar-refractivity contribution in [1.29, 1.82) is 0 Å². The van der Waals surface area contributed by atoms with Crippen LogP contribution in [0.25, 0.3) is 6.08 Å². The number of nitrogens with one attached hydrogen (secondary N) is 2. The number of rotatable bonds is 11. The van der Waals surface area contributed by atoms with Gasteiger partial charge >= 0.3 is 5.97 Å². The number of ether oxygens (including phenoxy) is 3. The van der Waals surface area contributed by atoms with Crippen molar-refractivity contribution in [3.8, 4) is 5.75 Å². The van der Waals surface area contributed by atoms with E-state index >= 15 is 0 Å². The van der Waals surface area contributed by atoms with Crippen LogP contribution in [0, 0.1) is 0 Å². The number of hydrogen-bond acceptors (Lipinski definition) is 8. The lowest BCUT2D eigenvalue weighted by Crippen LogP contribution is -2.44. The fourth-order valence-corrected chi connectivity index (χ4v) is 6.33. The summed E-state index contributed by atoms with van der Waals surface area (Å²) in [6, 6.07) is 22.2. The number of aliphatic hydroxyl groups is 1. The number of carbonyl (C=O) groups is 3. The number of fused-ring (bicyclic) bond motifs is 2. The lowest BCUT2D eigenvalue weighted by atomic mass is 9.91. The summed E-state index contributed by atoms with van der Waals surface area (Å²) in [4.78, 5) is 38.7. The summed E-state index contributed by atoms with van der Waals surface area (Å²) in [5.41, 5.74) is 4.59. The van der Waals surface area contributed by atoms with Gasteiger partial charge in [0.15, 0.2) is 5.79 Å². The first-order chi connectivity index (χ1) is 22.8. The van der Waals surface area contributed by atoms with Gasteiger partial charge in [0.2, 0.25) is 11.8 Å². The van der Waals surface area contributed by atoms with E-state index in [1.54, 1.807) is 36.4 Å². The average Bonchev–Trinajstić information content (AvgIpc) is 3.62. The molecule has 1 saturated heterocycles. The third kappa shape index (κ3) is 7.62. The highest BCUT2D eigenvalue weighted by atomic mass is 16.8. The van der Waals surface area contributed by atoms with Gasteiger partial charge in [-0.15, -0.1) is 0 Å². The molecule has 4 N–H and O–H groups in total. The Labute approximate surface area is 273 Å². The maximum atomic E-state index is 13.5. The highest BCUT2D eigenvalue weighted by Gasteiger charge is 2.55. The third-order valence-electron chi connectivity index (χ3n) is 8.60. The van der Waals surface area contributed by atoms with Crippen molar-refractivity contribution in [1.82, 2.24) is 10.6 Å². The Hall–Kier alpha value is -4.77. The van der Waals surface area contributed by atoms with Crippen LogP contribution in [0.2, 0.25) is 0 Å². The standard InChI is InChI=1S/C37H38N2O8/c40-18-17-38-33(42)15-16-39-35(43)29-20-31(34-32(21-29)46-37(47-34)22-27-10-1-2-11-28(27)23-37)45-36(44)26-13-6-8-24(19-26)7-5-12-25-9-3-4-14-30(25)41/h1-11,13-14,19,21,31-32,34,40-41H,12,15-18,20,22-23H2,(H,38,42)(H,39,43)/t31-,32-,34+/m1/s1. The van der Waals surface area contributed by atoms with Crippen molar-refractivity contribution in [3.05, 3.63) is 118 Å². The second-order valence-corrected chi connectivity index (χ2v) is 12.0. The number of amides is 2. The summed E-state index contributed by atoms with van der Waals surface area (Å²) in [6.45, 7) is 0.0875. The Morgan fingerprint density at radius 2 is 1.70 bits per heavy atom. The largest absolute Gasteiger partial charge is 0.508 e. The number of hydrogen-bond donors (Lipinski definition) is 4. The minimum absolute atomic E-state index is 0.0573. The fourth-order valence-electron chi connectivity index (χ4n) is 6.33. The van der Waals surface area contributed by atoms with Crippen molar-refractivity contribution in [2.75, 3.05) is 19.7 Å². The van der Waals surface area contributed by atoms with Crippen LogP contribution in [0.5, 0.6) is 5.75 Å². The number of phenols is 1. The first-order valence-electron chi connectivity index (χ1n) is 15.9. The Bertz CT molecular complexity index is 1670. The number of carbonyl (C=O) groups excluding carboxylic acids is 3. The van der Waals surface area contributed by atoms with Gasteiger partial charge in [-0.1, -0.05) is 66.7 Å². The molecule has 2 amide bonds. The molecule has 0 unspecified atom stereocenters. The van der Waals surface area contributed by atoms with Gasteiger partial charge in [-0.3, -0.25) is 9.59 Å². The van der Waals surface area contributed by atoms with E-state index in [2.05, 4.69) is 10.6 Å². The summed E-state index contributed by atoms with van der Waals surface area (Å²) in [5.74, 6) is -1.91. The van der Waals surface area contributed by atoms with Crippen LogP contribution in [0.3, 0.4) is 0 Å². The Morgan fingerprint density at radius 3 is 2.47 bits per heavy atom. The molecule has 2 aliphatic carbocycles. The zero-order valence-electron chi connectivity index (χ0n) is 25.9. The lowest BCUT2D eigenvalue weighted by molar-refractivity contribution is -0.172. The third-order valence-corrected chi connectivity index (χ3v) is 8.60. The van der Waals surface area contributed by atoms with E-state index in [1.165, 1.54) is 0 Å². The molecule has 3 atom stereocenters. The predicted molar refractivity (Wildman–Crippen MR) is 173 cm³/mol. The Balaban J connectivity index is 1.16. The molecule has 0 bridgehead atoms. The van der Waals surface area contributed by atoms with E-state index in [9.17, 15) is 19.5 Å². The van der Waals surface area contributed by atoms with Crippen LogP contribution in [-0.2, 0) is 43.1 Å². The average molecular weight is 639 g/mol. The molecule has 3 aromatic rings. The number of para-hydroxylation sites is 1. The molecule has 6 rings (SSSR count). The maximum Gasteiger partial charge on any atom is 0.338 e. The lowest BCUT2D eigenvalue weighted by Gasteiger charge is -2.30. The van der Waals surface area contributed by atoms with Gasteiger partial charge in [0, 0.05) is 44.3 Å². The molecule has 10 heteroatoms. The summed E-state index contributed by atoms with van der Waals surface area (Å²) < 4.78 is 19.2. The second kappa shape index (κ2) is 14.3. The number of esters is 1. The number of aliphatic hydroxyl groups excluding tert-OH is 1. The van der Waals surface area contributed by atoms with Crippen LogP contribution in [-0.4, -0.2) is 71.8 Å². The smallest absolute Gasteiger partial charge is 0.338 e. The van der Waals surface area contributed by atoms with E-state index < -0.39 is 30.1 Å². The molecular formula is C37H38N2O8. The van der Waals surface area contributed by atoms with E-state index in [-0.39, 0.29) is 50.1 Å². The van der Waals surface area contributed by atoms with Gasteiger partial charge < -0.3 is 35.1 Å². The topological polar surface area (TPSA) is 143 Å². The number of phenolic OH excluding ortho intramolecular Hbond substituents is 1. The second-order valence-electron chi connectivity index (χ2n) is 12.0. The molecule has 0 saturated carbocycles. The van der Waals surface area contributed by atoms with Crippen LogP contribution in [0.15, 0.2) is 90.5 Å². The quantitative estimate of drug-likeness (QED) is 0.234. The van der Waals surface area contributed by atoms with Crippen molar-refractivity contribution in [2.45, 2.75) is 56.2 Å². The summed E-state index contributed by atoms with van der Waals surface area (Å²) in [6.07, 6.45) is 5.30. The summed E-state index contributed by atoms with van der Waals surface area (Å²) in [7, 11) is 0. The predicted octanol–water partition coefficient (Wildman–Crippen LogP) is 3.40. The first kappa shape index (κ1) is 32.2. The van der Waals surface area contributed by atoms with Crippen molar-refractivity contribution in [3.63, 3.8) is 0 Å². The van der Waals surface area contributed by atoms with E-state index in [0.29, 0.717) is 30.4 Å². The zero-order chi connectivity index (χ0) is 32.8. The molecule has 3 aromatic carbocycles. The van der Waals surface area contributed by atoms with Crippen molar-refractivity contribution < 1.29 is 38.8 Å². The Kier molecular flexibility index (Phi) is 9.81. The van der Waals surface area contributed by atoms with Crippen LogP contribution in [0.1, 0.15) is 45.5 Å². The minimum atomic E-state index is -0.922. The SMILES string of the molecule is O=C(CCNC(=O)C1=C[C@H]2OC3(Cc4ccccc4C3)O[C@H]2[C@H](OC(=O)c2cccc(C=CCc3ccccc3O)c2)C1)NCCO. The molecule has 47 heavy (non-hydrogen) atoms. The molecule has 10 nitrogen and oxygen atoms in total. The molecule has 3 aliphatic rings. The Morgan fingerprint density at radius 1 is 0.936 bits per heavy atom. The summed E-state index contributed by atoms with van der Waals surface area (Å²) in [5, 5.41) is 24.3. The molecule has 1 spiro atoms. The zero-order valence-corrected chi connectivity index (χ0v) is 25.9. The van der Waals surface area contributed by atoms with Gasteiger partial charge in [-0.05, 0) is 52.9 Å². The summed E-state index contributed by atoms with van der Waals surface area (Å²) >= 11 is 0. The van der Waals surface area contributed by atoms with E-state index in [0.717, 1.165) is 22.3 Å². The van der Waals surface area contributed by atoms with Crippen molar-refractivity contribution in [2.24, 2.45) is 0 Å². The van der Waals surface area contributed by atoms with Gasteiger partial charge in [0.1, 0.15) is 24.1 Å². The highest BCUT2D eigenvalue weighted by Crippen LogP contribution is 2.45. The minimum Gasteiger partial charge on any atom is -0.508 e. The maximum absolute atomic E-state index is 13.5. The molecular weight excluding hydrogens is 600 g/mol. The number of aromatic hydroxyl groups is 1. The van der Waals surface area contributed by atoms with Gasteiger partial charge in [-0.2, -0.15) is 0 Å². The fraction of sp³-hybridized carbons (Fsp3) is 0.324. The monoisotopic (exact) mass is 638 g/mol. The van der Waals surface area contributed by atoms with Gasteiger partial charge in [0.05, 0.1) is 12.2 Å². The molecule has 1 fully saturated rings. The number of allylic oxidation sites excluding steroid dienone is 1. The normalized spacial score (nSPS) is 20.8. The van der Waals surface area contributed by atoms with Gasteiger partial charge in [-0.25, -0.2) is 4.79 Å². The molecule has 244 valence electrons. The van der Waals surface area contributed by atoms with Crippen LogP contribution < -0.4 is 10.6 Å². The van der Waals surface area contributed by atoms with Crippen LogP contribution in [0.4, 0.5) is 0 Å². The first-order valence-corrected chi connectivity index (χ1v) is 15.9. The van der Waals surface area contributed by atoms with E-state index in [4.69, 9.17) is 19.3 Å².